The topological polar surface area (TPSA) is 42.4 Å². The van der Waals surface area contributed by atoms with Crippen molar-refractivity contribution in [1.29, 1.82) is 0 Å². The zero-order valence-corrected chi connectivity index (χ0v) is 13.1. The Labute approximate surface area is 134 Å². The van der Waals surface area contributed by atoms with E-state index in [2.05, 4.69) is 4.98 Å². The van der Waals surface area contributed by atoms with Gasteiger partial charge in [0.05, 0.1) is 19.0 Å². The number of halogens is 1. The Morgan fingerprint density at radius 2 is 2.26 bits per heavy atom. The molecule has 0 unspecified atom stereocenters. The zero-order chi connectivity index (χ0) is 16.2. The number of hydrogen-bond acceptors (Lipinski definition) is 3. The third kappa shape index (κ3) is 3.33. The number of ether oxygens (including phenoxy) is 1. The van der Waals surface area contributed by atoms with Crippen molar-refractivity contribution < 1.29 is 13.9 Å². The number of benzene rings is 1. The molecule has 0 fully saturated rings. The van der Waals surface area contributed by atoms with E-state index in [0.717, 1.165) is 24.0 Å². The van der Waals surface area contributed by atoms with Crippen molar-refractivity contribution in [3.8, 4) is 5.75 Å². The lowest BCUT2D eigenvalue weighted by atomic mass is 10.0. The minimum atomic E-state index is -0.321. The first-order chi connectivity index (χ1) is 11.2. The fraction of sp³-hybridized carbons (Fsp3) is 0.333. The van der Waals surface area contributed by atoms with Gasteiger partial charge in [-0.2, -0.15) is 0 Å². The molecule has 4 nitrogen and oxygen atoms in total. The van der Waals surface area contributed by atoms with Crippen LogP contribution in [0.1, 0.15) is 24.0 Å². The van der Waals surface area contributed by atoms with Gasteiger partial charge in [-0.15, -0.1) is 0 Å². The highest BCUT2D eigenvalue weighted by Gasteiger charge is 2.25. The normalized spacial score (nSPS) is 13.6. The van der Waals surface area contributed by atoms with E-state index in [-0.39, 0.29) is 11.7 Å². The fourth-order valence-corrected chi connectivity index (χ4v) is 2.95. The number of carbonyl (C=O) groups excluding carboxylic acids is 1. The third-order valence-electron chi connectivity index (χ3n) is 4.10. The molecule has 1 aliphatic heterocycles. The van der Waals surface area contributed by atoms with Crippen LogP contribution in [0.3, 0.4) is 0 Å². The highest BCUT2D eigenvalue weighted by Crippen LogP contribution is 2.30. The highest BCUT2D eigenvalue weighted by molar-refractivity contribution is 5.94. The van der Waals surface area contributed by atoms with E-state index in [1.54, 1.807) is 30.5 Å². The van der Waals surface area contributed by atoms with Gasteiger partial charge in [0.1, 0.15) is 11.6 Å². The number of carbonyl (C=O) groups is 1. The quantitative estimate of drug-likeness (QED) is 0.870. The van der Waals surface area contributed by atoms with E-state index in [9.17, 15) is 9.18 Å². The second-order valence-electron chi connectivity index (χ2n) is 5.63. The number of para-hydroxylation sites is 1. The van der Waals surface area contributed by atoms with Crippen LogP contribution in [0.4, 0.5) is 10.1 Å². The number of nitrogens with zero attached hydrogens (tertiary/aromatic N) is 2. The first-order valence-electron chi connectivity index (χ1n) is 7.74. The highest BCUT2D eigenvalue weighted by atomic mass is 19.1. The Bertz CT molecular complexity index is 718. The molecule has 2 aromatic rings. The van der Waals surface area contributed by atoms with Crippen LogP contribution >= 0.6 is 0 Å². The van der Waals surface area contributed by atoms with Crippen LogP contribution in [-0.4, -0.2) is 24.5 Å². The number of pyridine rings is 1. The summed E-state index contributed by atoms with van der Waals surface area (Å²) in [5, 5.41) is 0. The molecular formula is C18H19FN2O2. The van der Waals surface area contributed by atoms with Crippen molar-refractivity contribution in [2.45, 2.75) is 25.7 Å². The van der Waals surface area contributed by atoms with E-state index in [1.807, 2.05) is 12.1 Å². The molecule has 0 atom stereocenters. The van der Waals surface area contributed by atoms with Crippen molar-refractivity contribution in [3.05, 3.63) is 53.6 Å². The smallest absolute Gasteiger partial charge is 0.227 e. The number of rotatable bonds is 4. The molecule has 23 heavy (non-hydrogen) atoms. The van der Waals surface area contributed by atoms with Gasteiger partial charge >= 0.3 is 0 Å². The molecule has 0 aliphatic carbocycles. The van der Waals surface area contributed by atoms with Crippen molar-refractivity contribution in [2.75, 3.05) is 18.6 Å². The maximum atomic E-state index is 14.1. The summed E-state index contributed by atoms with van der Waals surface area (Å²) in [7, 11) is 1.58. The zero-order valence-electron chi connectivity index (χ0n) is 13.1. The van der Waals surface area contributed by atoms with E-state index >= 15 is 0 Å². The first-order valence-corrected chi connectivity index (χ1v) is 7.74. The summed E-state index contributed by atoms with van der Waals surface area (Å²) in [6.45, 7) is 0.573. The molecule has 1 aliphatic rings. The summed E-state index contributed by atoms with van der Waals surface area (Å²) in [5.41, 5.74) is 2.30. The van der Waals surface area contributed by atoms with Gasteiger partial charge in [0.2, 0.25) is 5.91 Å². The van der Waals surface area contributed by atoms with Crippen molar-refractivity contribution in [3.63, 3.8) is 0 Å². The number of methoxy groups -OCH3 is 1. The Kier molecular flexibility index (Phi) is 4.55. The molecule has 1 aromatic heterocycles. The summed E-state index contributed by atoms with van der Waals surface area (Å²) < 4.78 is 19.3. The monoisotopic (exact) mass is 314 g/mol. The van der Waals surface area contributed by atoms with Gasteiger partial charge in [-0.05, 0) is 42.5 Å². The lowest BCUT2D eigenvalue weighted by Crippen LogP contribution is -2.36. The molecule has 0 saturated heterocycles. The second kappa shape index (κ2) is 6.77. The van der Waals surface area contributed by atoms with E-state index in [0.29, 0.717) is 30.8 Å². The Morgan fingerprint density at radius 3 is 3.09 bits per heavy atom. The molecule has 1 amide bonds. The van der Waals surface area contributed by atoms with Crippen LogP contribution in [0.5, 0.6) is 5.75 Å². The van der Waals surface area contributed by atoms with Gasteiger partial charge in [0.15, 0.2) is 0 Å². The number of aromatic nitrogens is 1. The van der Waals surface area contributed by atoms with Crippen LogP contribution in [0.2, 0.25) is 0 Å². The molecule has 0 N–H and O–H groups in total. The Morgan fingerprint density at radius 1 is 1.39 bits per heavy atom. The van der Waals surface area contributed by atoms with Crippen LogP contribution < -0.4 is 9.64 Å². The summed E-state index contributed by atoms with van der Waals surface area (Å²) >= 11 is 0. The number of aryl methyl sites for hydroxylation is 2. The fourth-order valence-electron chi connectivity index (χ4n) is 2.95. The summed E-state index contributed by atoms with van der Waals surface area (Å²) in [6, 6.07) is 6.87. The van der Waals surface area contributed by atoms with E-state index < -0.39 is 0 Å². The summed E-state index contributed by atoms with van der Waals surface area (Å²) in [5.74, 6) is 0.293. The predicted octanol–water partition coefficient (Wildman–Crippen LogP) is 3.14. The van der Waals surface area contributed by atoms with Crippen molar-refractivity contribution in [2.24, 2.45) is 0 Å². The van der Waals surface area contributed by atoms with E-state index in [1.165, 1.54) is 6.07 Å². The molecule has 1 aromatic carbocycles. The molecular weight excluding hydrogens is 295 g/mol. The minimum Gasteiger partial charge on any atom is -0.495 e. The van der Waals surface area contributed by atoms with Gasteiger partial charge in [-0.25, -0.2) is 4.39 Å². The van der Waals surface area contributed by atoms with Crippen molar-refractivity contribution >= 4 is 11.6 Å². The molecule has 0 spiro atoms. The SMILES string of the molecule is COc1cncc(CCC(=O)N2CCCc3cccc(F)c32)c1. The first kappa shape index (κ1) is 15.5. The maximum Gasteiger partial charge on any atom is 0.227 e. The molecule has 2 heterocycles. The van der Waals surface area contributed by atoms with Crippen LogP contribution in [-0.2, 0) is 17.6 Å². The van der Waals surface area contributed by atoms with Gasteiger partial charge in [0, 0.05) is 19.2 Å². The average Bonchev–Trinajstić information content (AvgIpc) is 2.59. The number of anilines is 1. The van der Waals surface area contributed by atoms with Gasteiger partial charge < -0.3 is 9.64 Å². The third-order valence-corrected chi connectivity index (χ3v) is 4.10. The standard InChI is InChI=1S/C18H19FN2O2/c1-23-15-10-13(11-20-12-15)7-8-17(22)21-9-3-5-14-4-2-6-16(19)18(14)21/h2,4,6,10-12H,3,5,7-9H2,1H3. The Balaban J connectivity index is 1.72. The summed E-state index contributed by atoms with van der Waals surface area (Å²) in [6.07, 6.45) is 5.91. The molecule has 3 rings (SSSR count). The lowest BCUT2D eigenvalue weighted by molar-refractivity contribution is -0.118. The molecule has 5 heteroatoms. The number of fused-ring (bicyclic) bond motifs is 1. The van der Waals surface area contributed by atoms with E-state index in [4.69, 9.17) is 4.74 Å². The predicted molar refractivity (Wildman–Crippen MR) is 86.2 cm³/mol. The number of amides is 1. The minimum absolute atomic E-state index is 0.0566. The number of hydrogen-bond donors (Lipinski definition) is 0. The lowest BCUT2D eigenvalue weighted by Gasteiger charge is -2.30. The van der Waals surface area contributed by atoms with Gasteiger partial charge in [0.25, 0.3) is 0 Å². The van der Waals surface area contributed by atoms with Crippen LogP contribution in [0, 0.1) is 5.82 Å². The van der Waals surface area contributed by atoms with Crippen LogP contribution in [0.15, 0.2) is 36.7 Å². The molecule has 120 valence electrons. The van der Waals surface area contributed by atoms with Gasteiger partial charge in [-0.3, -0.25) is 9.78 Å². The maximum absolute atomic E-state index is 14.1. The summed E-state index contributed by atoms with van der Waals surface area (Å²) in [4.78, 5) is 18.2. The molecule has 0 radical (unpaired) electrons. The molecule has 0 saturated carbocycles. The van der Waals surface area contributed by atoms with Crippen LogP contribution in [0.25, 0.3) is 0 Å². The van der Waals surface area contributed by atoms with Crippen molar-refractivity contribution in [1.82, 2.24) is 4.98 Å². The van der Waals surface area contributed by atoms with Gasteiger partial charge in [-0.1, -0.05) is 12.1 Å². The average molecular weight is 314 g/mol. The Hall–Kier alpha value is -2.43. The second-order valence-corrected chi connectivity index (χ2v) is 5.63. The molecule has 0 bridgehead atoms. The largest absolute Gasteiger partial charge is 0.495 e.